The molecule has 0 spiro atoms. The van der Waals surface area contributed by atoms with Gasteiger partial charge in [0.1, 0.15) is 5.82 Å². The summed E-state index contributed by atoms with van der Waals surface area (Å²) >= 11 is 0. The number of piperidine rings is 1. The SMILES string of the molecule is O=S(=O)(Cc1ccccc1)N1CCC(Cn2ccnc2-c2ccccc2)CC1. The third-order valence-corrected chi connectivity index (χ3v) is 7.21. The highest BCUT2D eigenvalue weighted by molar-refractivity contribution is 7.88. The Labute approximate surface area is 166 Å². The minimum Gasteiger partial charge on any atom is -0.331 e. The molecule has 2 aromatic carbocycles. The van der Waals surface area contributed by atoms with Crippen LogP contribution in [0, 0.1) is 5.92 Å². The third-order valence-electron chi connectivity index (χ3n) is 5.36. The molecular weight excluding hydrogens is 370 g/mol. The molecular formula is C22H25N3O2S. The van der Waals surface area contributed by atoms with Crippen LogP contribution in [0.5, 0.6) is 0 Å². The maximum Gasteiger partial charge on any atom is 0.218 e. The van der Waals surface area contributed by atoms with Gasteiger partial charge >= 0.3 is 0 Å². The molecule has 1 aromatic heterocycles. The molecule has 1 fully saturated rings. The van der Waals surface area contributed by atoms with Gasteiger partial charge in [-0.15, -0.1) is 0 Å². The first-order valence-electron chi connectivity index (χ1n) is 9.70. The summed E-state index contributed by atoms with van der Waals surface area (Å²) in [5.41, 5.74) is 1.95. The highest BCUT2D eigenvalue weighted by atomic mass is 32.2. The second kappa shape index (κ2) is 8.29. The summed E-state index contributed by atoms with van der Waals surface area (Å²) in [6, 6.07) is 19.6. The van der Waals surface area contributed by atoms with Crippen molar-refractivity contribution in [3.63, 3.8) is 0 Å². The predicted octanol–water partition coefficient (Wildman–Crippen LogP) is 3.79. The predicted molar refractivity (Wildman–Crippen MR) is 111 cm³/mol. The Kier molecular flexibility index (Phi) is 5.59. The van der Waals surface area contributed by atoms with E-state index in [-0.39, 0.29) is 5.75 Å². The van der Waals surface area contributed by atoms with Crippen molar-refractivity contribution in [3.8, 4) is 11.4 Å². The van der Waals surface area contributed by atoms with Crippen molar-refractivity contribution in [1.82, 2.24) is 13.9 Å². The number of hydrogen-bond donors (Lipinski definition) is 0. The van der Waals surface area contributed by atoms with Crippen LogP contribution in [0.4, 0.5) is 0 Å². The molecule has 0 amide bonds. The monoisotopic (exact) mass is 395 g/mol. The van der Waals surface area contributed by atoms with Crippen LogP contribution < -0.4 is 0 Å². The molecule has 146 valence electrons. The van der Waals surface area contributed by atoms with E-state index in [1.807, 2.05) is 60.9 Å². The Hall–Kier alpha value is -2.44. The number of nitrogens with zero attached hydrogens (tertiary/aromatic N) is 3. The summed E-state index contributed by atoms with van der Waals surface area (Å²) in [6.45, 7) is 2.06. The second-order valence-electron chi connectivity index (χ2n) is 7.35. The van der Waals surface area contributed by atoms with Crippen LogP contribution in [0.25, 0.3) is 11.4 Å². The van der Waals surface area contributed by atoms with Crippen molar-refractivity contribution in [2.75, 3.05) is 13.1 Å². The summed E-state index contributed by atoms with van der Waals surface area (Å²) in [5, 5.41) is 0. The molecule has 0 unspecified atom stereocenters. The van der Waals surface area contributed by atoms with Crippen molar-refractivity contribution in [3.05, 3.63) is 78.6 Å². The van der Waals surface area contributed by atoms with E-state index in [2.05, 4.69) is 21.7 Å². The molecule has 28 heavy (non-hydrogen) atoms. The molecule has 0 saturated carbocycles. The summed E-state index contributed by atoms with van der Waals surface area (Å²) in [4.78, 5) is 4.51. The highest BCUT2D eigenvalue weighted by Crippen LogP contribution is 2.25. The third kappa shape index (κ3) is 4.34. The number of aromatic nitrogens is 2. The Morgan fingerprint density at radius 2 is 1.57 bits per heavy atom. The Morgan fingerprint density at radius 3 is 2.25 bits per heavy atom. The lowest BCUT2D eigenvalue weighted by Gasteiger charge is -2.31. The largest absolute Gasteiger partial charge is 0.331 e. The molecule has 0 N–H and O–H groups in total. The van der Waals surface area contributed by atoms with Crippen molar-refractivity contribution in [2.45, 2.75) is 25.1 Å². The van der Waals surface area contributed by atoms with E-state index in [9.17, 15) is 8.42 Å². The number of sulfonamides is 1. The minimum absolute atomic E-state index is 0.0815. The zero-order valence-corrected chi connectivity index (χ0v) is 16.6. The van der Waals surface area contributed by atoms with Crippen LogP contribution in [-0.2, 0) is 22.3 Å². The van der Waals surface area contributed by atoms with Gasteiger partial charge < -0.3 is 4.57 Å². The molecule has 1 saturated heterocycles. The average Bonchev–Trinajstić information content (AvgIpc) is 3.18. The van der Waals surface area contributed by atoms with Gasteiger partial charge in [-0.1, -0.05) is 60.7 Å². The summed E-state index contributed by atoms with van der Waals surface area (Å²) < 4.78 is 29.3. The average molecular weight is 396 g/mol. The maximum atomic E-state index is 12.7. The maximum absolute atomic E-state index is 12.7. The second-order valence-corrected chi connectivity index (χ2v) is 9.32. The van der Waals surface area contributed by atoms with Crippen LogP contribution in [0.15, 0.2) is 73.1 Å². The molecule has 6 heteroatoms. The standard InChI is InChI=1S/C22H25N3O2S/c26-28(27,18-20-7-3-1-4-8-20)25-14-11-19(12-15-25)17-24-16-13-23-22(24)21-9-5-2-6-10-21/h1-10,13,16,19H,11-12,14-15,17-18H2. The molecule has 1 aliphatic heterocycles. The topological polar surface area (TPSA) is 55.2 Å². The smallest absolute Gasteiger partial charge is 0.218 e. The summed E-state index contributed by atoms with van der Waals surface area (Å²) in [6.07, 6.45) is 5.60. The fraction of sp³-hybridized carbons (Fsp3) is 0.318. The van der Waals surface area contributed by atoms with Crippen LogP contribution >= 0.6 is 0 Å². The van der Waals surface area contributed by atoms with Gasteiger partial charge in [-0.3, -0.25) is 0 Å². The Balaban J connectivity index is 1.37. The number of imidazole rings is 1. The number of benzene rings is 2. The number of rotatable bonds is 6. The molecule has 2 heterocycles. The summed E-state index contributed by atoms with van der Waals surface area (Å²) in [7, 11) is -3.26. The Morgan fingerprint density at radius 1 is 0.929 bits per heavy atom. The van der Waals surface area contributed by atoms with Gasteiger partial charge in [-0.2, -0.15) is 0 Å². The summed E-state index contributed by atoms with van der Waals surface area (Å²) in [5.74, 6) is 1.51. The van der Waals surface area contributed by atoms with E-state index < -0.39 is 10.0 Å². The quantitative estimate of drug-likeness (QED) is 0.638. The molecule has 0 atom stereocenters. The van der Waals surface area contributed by atoms with Gasteiger partial charge in [0.2, 0.25) is 10.0 Å². The van der Waals surface area contributed by atoms with Crippen LogP contribution in [0.1, 0.15) is 18.4 Å². The van der Waals surface area contributed by atoms with Gasteiger partial charge in [0.05, 0.1) is 5.75 Å². The van der Waals surface area contributed by atoms with Gasteiger partial charge in [-0.05, 0) is 24.3 Å². The first kappa shape index (κ1) is 18.9. The van der Waals surface area contributed by atoms with Crippen LogP contribution in [0.2, 0.25) is 0 Å². The van der Waals surface area contributed by atoms with Crippen molar-refractivity contribution in [1.29, 1.82) is 0 Å². The molecule has 5 nitrogen and oxygen atoms in total. The van der Waals surface area contributed by atoms with Crippen molar-refractivity contribution >= 4 is 10.0 Å². The van der Waals surface area contributed by atoms with Crippen molar-refractivity contribution < 1.29 is 8.42 Å². The molecule has 1 aliphatic rings. The highest BCUT2D eigenvalue weighted by Gasteiger charge is 2.28. The molecule has 0 aliphatic carbocycles. The van der Waals surface area contributed by atoms with E-state index in [1.54, 1.807) is 4.31 Å². The zero-order chi connectivity index (χ0) is 19.4. The molecule has 0 radical (unpaired) electrons. The fourth-order valence-corrected chi connectivity index (χ4v) is 5.39. The minimum atomic E-state index is -3.26. The lowest BCUT2D eigenvalue weighted by atomic mass is 9.98. The van der Waals surface area contributed by atoms with Gasteiger partial charge in [0.25, 0.3) is 0 Å². The van der Waals surface area contributed by atoms with E-state index >= 15 is 0 Å². The first-order valence-corrected chi connectivity index (χ1v) is 11.3. The fourth-order valence-electron chi connectivity index (χ4n) is 3.83. The van der Waals surface area contributed by atoms with Gasteiger partial charge in [-0.25, -0.2) is 17.7 Å². The number of hydrogen-bond acceptors (Lipinski definition) is 3. The van der Waals surface area contributed by atoms with Crippen LogP contribution in [-0.4, -0.2) is 35.4 Å². The van der Waals surface area contributed by atoms with E-state index in [0.717, 1.165) is 36.3 Å². The van der Waals surface area contributed by atoms with E-state index in [4.69, 9.17) is 0 Å². The lowest BCUT2D eigenvalue weighted by Crippen LogP contribution is -2.39. The first-order chi connectivity index (χ1) is 13.6. The molecule has 4 rings (SSSR count). The normalized spacial score (nSPS) is 16.3. The molecule has 3 aromatic rings. The molecule has 0 bridgehead atoms. The lowest BCUT2D eigenvalue weighted by molar-refractivity contribution is 0.253. The van der Waals surface area contributed by atoms with Gasteiger partial charge in [0.15, 0.2) is 0 Å². The van der Waals surface area contributed by atoms with Gasteiger partial charge in [0, 0.05) is 37.6 Å². The van der Waals surface area contributed by atoms with E-state index in [0.29, 0.717) is 19.0 Å². The Bertz CT molecular complexity index is 993. The van der Waals surface area contributed by atoms with Crippen molar-refractivity contribution in [2.24, 2.45) is 5.92 Å². The zero-order valence-electron chi connectivity index (χ0n) is 15.8. The van der Waals surface area contributed by atoms with Crippen LogP contribution in [0.3, 0.4) is 0 Å². The van der Waals surface area contributed by atoms with E-state index in [1.165, 1.54) is 0 Å².